The van der Waals surface area contributed by atoms with E-state index in [1.54, 1.807) is 0 Å². The van der Waals surface area contributed by atoms with Crippen LogP contribution in [0.5, 0.6) is 11.5 Å². The molecule has 0 aromatic heterocycles. The highest BCUT2D eigenvalue weighted by molar-refractivity contribution is 6.83. The van der Waals surface area contributed by atoms with E-state index >= 15 is 0 Å². The van der Waals surface area contributed by atoms with Crippen LogP contribution in [-0.4, -0.2) is 21.3 Å². The van der Waals surface area contributed by atoms with Crippen molar-refractivity contribution in [1.82, 2.24) is 0 Å². The smallest absolute Gasteiger partial charge is 0.162 e. The molecule has 0 saturated heterocycles. The van der Waals surface area contributed by atoms with Gasteiger partial charge >= 0.3 is 0 Å². The summed E-state index contributed by atoms with van der Waals surface area (Å²) >= 11 is 0. The molecule has 0 saturated carbocycles. The lowest BCUT2D eigenvalue weighted by atomic mass is 10.2. The quantitative estimate of drug-likeness (QED) is 0.506. The van der Waals surface area contributed by atoms with Crippen molar-refractivity contribution in [2.45, 2.75) is 19.6 Å². The summed E-state index contributed by atoms with van der Waals surface area (Å²) in [6.07, 6.45) is 0. The molecule has 0 atom stereocenters. The maximum absolute atomic E-state index is 5.51. The lowest BCUT2D eigenvalue weighted by Gasteiger charge is -2.18. The zero-order valence-electron chi connectivity index (χ0n) is 9.96. The van der Waals surface area contributed by atoms with Gasteiger partial charge in [-0.1, -0.05) is 25.6 Å². The zero-order chi connectivity index (χ0) is 11.6. The first-order chi connectivity index (χ1) is 7.54. The van der Waals surface area contributed by atoms with Crippen LogP contribution in [0, 0.1) is 11.5 Å². The van der Waals surface area contributed by atoms with E-state index in [2.05, 4.69) is 31.1 Å². The molecule has 3 heteroatoms. The second-order valence-corrected chi connectivity index (χ2v) is 9.61. The van der Waals surface area contributed by atoms with Crippen LogP contribution in [-0.2, 0) is 0 Å². The molecule has 0 bridgehead atoms. The van der Waals surface area contributed by atoms with Crippen molar-refractivity contribution in [2.24, 2.45) is 0 Å². The number of benzene rings is 1. The summed E-state index contributed by atoms with van der Waals surface area (Å²) in [4.78, 5) is 0. The fourth-order valence-corrected chi connectivity index (χ4v) is 1.90. The fraction of sp³-hybridized carbons (Fsp3) is 0.385. The van der Waals surface area contributed by atoms with Gasteiger partial charge in [-0.3, -0.25) is 0 Å². The van der Waals surface area contributed by atoms with Crippen molar-refractivity contribution in [2.75, 3.05) is 13.2 Å². The Morgan fingerprint density at radius 2 is 1.75 bits per heavy atom. The minimum Gasteiger partial charge on any atom is -0.486 e. The Morgan fingerprint density at radius 3 is 2.44 bits per heavy atom. The second kappa shape index (κ2) is 4.23. The van der Waals surface area contributed by atoms with E-state index in [0.717, 1.165) is 17.1 Å². The van der Waals surface area contributed by atoms with Gasteiger partial charge in [0, 0.05) is 5.56 Å². The van der Waals surface area contributed by atoms with Crippen LogP contribution in [0.3, 0.4) is 0 Å². The van der Waals surface area contributed by atoms with Crippen LogP contribution >= 0.6 is 0 Å². The molecule has 1 aliphatic heterocycles. The monoisotopic (exact) mass is 232 g/mol. The molecule has 1 aromatic rings. The summed E-state index contributed by atoms with van der Waals surface area (Å²) in [5.74, 6) is 4.85. The molecule has 0 N–H and O–H groups in total. The first-order valence-corrected chi connectivity index (χ1v) is 8.97. The molecule has 2 nitrogen and oxygen atoms in total. The van der Waals surface area contributed by atoms with Crippen molar-refractivity contribution in [1.29, 1.82) is 0 Å². The van der Waals surface area contributed by atoms with E-state index in [4.69, 9.17) is 9.47 Å². The molecule has 0 fully saturated rings. The minimum atomic E-state index is -1.31. The maximum Gasteiger partial charge on any atom is 0.162 e. The van der Waals surface area contributed by atoms with Gasteiger partial charge in [-0.25, -0.2) is 0 Å². The first kappa shape index (κ1) is 11.1. The molecule has 0 radical (unpaired) electrons. The molecule has 2 rings (SSSR count). The Kier molecular flexibility index (Phi) is 2.93. The second-order valence-electron chi connectivity index (χ2n) is 4.86. The molecule has 16 heavy (non-hydrogen) atoms. The minimum absolute atomic E-state index is 0.623. The third kappa shape index (κ3) is 2.80. The van der Waals surface area contributed by atoms with Gasteiger partial charge in [-0.15, -0.1) is 5.54 Å². The molecule has 1 aliphatic rings. The normalized spacial score (nSPS) is 13.9. The topological polar surface area (TPSA) is 18.5 Å². The van der Waals surface area contributed by atoms with Crippen LogP contribution in [0.25, 0.3) is 0 Å². The molecule has 84 valence electrons. The highest BCUT2D eigenvalue weighted by Crippen LogP contribution is 2.30. The van der Waals surface area contributed by atoms with Gasteiger partial charge < -0.3 is 9.47 Å². The Bertz CT molecular complexity index is 449. The predicted molar refractivity (Wildman–Crippen MR) is 67.7 cm³/mol. The van der Waals surface area contributed by atoms with Gasteiger partial charge in [0.15, 0.2) is 11.5 Å². The van der Waals surface area contributed by atoms with E-state index < -0.39 is 8.07 Å². The van der Waals surface area contributed by atoms with Crippen molar-refractivity contribution < 1.29 is 9.47 Å². The molecule has 1 heterocycles. The third-order valence-corrected chi connectivity index (χ3v) is 3.00. The van der Waals surface area contributed by atoms with Crippen LogP contribution in [0.2, 0.25) is 19.6 Å². The maximum atomic E-state index is 5.51. The van der Waals surface area contributed by atoms with Crippen molar-refractivity contribution >= 4 is 8.07 Å². The van der Waals surface area contributed by atoms with Gasteiger partial charge in [-0.05, 0) is 18.2 Å². The Hall–Kier alpha value is -1.40. The van der Waals surface area contributed by atoms with E-state index in [-0.39, 0.29) is 0 Å². The van der Waals surface area contributed by atoms with E-state index in [9.17, 15) is 0 Å². The standard InChI is InChI=1S/C13H16O2Si/c1-16(2,3)9-6-11-4-5-12-13(10-11)15-8-7-14-12/h4-5,10H,7-8H2,1-3H3. The summed E-state index contributed by atoms with van der Waals surface area (Å²) in [5, 5.41) is 0. The average molecular weight is 232 g/mol. The number of hydrogen-bond donors (Lipinski definition) is 0. The van der Waals surface area contributed by atoms with Gasteiger partial charge in [-0.2, -0.15) is 0 Å². The number of rotatable bonds is 0. The first-order valence-electron chi connectivity index (χ1n) is 5.47. The van der Waals surface area contributed by atoms with Crippen LogP contribution in [0.1, 0.15) is 5.56 Å². The van der Waals surface area contributed by atoms with Crippen LogP contribution < -0.4 is 9.47 Å². The van der Waals surface area contributed by atoms with Crippen LogP contribution in [0.4, 0.5) is 0 Å². The van der Waals surface area contributed by atoms with Gasteiger partial charge in [0.25, 0.3) is 0 Å². The highest BCUT2D eigenvalue weighted by atomic mass is 28.3. The van der Waals surface area contributed by atoms with Crippen LogP contribution in [0.15, 0.2) is 18.2 Å². The fourth-order valence-electron chi connectivity index (χ4n) is 1.38. The summed E-state index contributed by atoms with van der Waals surface area (Å²) in [6.45, 7) is 7.96. The number of hydrogen-bond acceptors (Lipinski definition) is 2. The Labute approximate surface area is 97.6 Å². The van der Waals surface area contributed by atoms with Gasteiger partial charge in [0.05, 0.1) is 0 Å². The predicted octanol–water partition coefficient (Wildman–Crippen LogP) is 2.69. The summed E-state index contributed by atoms with van der Waals surface area (Å²) in [5.41, 5.74) is 4.34. The van der Waals surface area contributed by atoms with E-state index in [0.29, 0.717) is 13.2 Å². The summed E-state index contributed by atoms with van der Waals surface area (Å²) in [6, 6.07) is 5.88. The van der Waals surface area contributed by atoms with E-state index in [1.165, 1.54) is 0 Å². The molecule has 0 unspecified atom stereocenters. The molecule has 0 spiro atoms. The van der Waals surface area contributed by atoms with Crippen molar-refractivity contribution in [3.63, 3.8) is 0 Å². The SMILES string of the molecule is C[Si](C)(C)C#Cc1ccc2c(c1)OCCO2. The summed E-state index contributed by atoms with van der Waals surface area (Å²) in [7, 11) is -1.31. The number of fused-ring (bicyclic) bond motifs is 1. The van der Waals surface area contributed by atoms with Crippen molar-refractivity contribution in [3.8, 4) is 23.0 Å². The van der Waals surface area contributed by atoms with Gasteiger partial charge in [0.2, 0.25) is 0 Å². The lowest BCUT2D eigenvalue weighted by molar-refractivity contribution is 0.171. The molecule has 1 aromatic carbocycles. The Morgan fingerprint density at radius 1 is 1.06 bits per heavy atom. The summed E-state index contributed by atoms with van der Waals surface area (Å²) < 4.78 is 11.0. The third-order valence-electron chi connectivity index (χ3n) is 2.12. The molecular formula is C13H16O2Si. The Balaban J connectivity index is 2.26. The highest BCUT2D eigenvalue weighted by Gasteiger charge is 2.11. The van der Waals surface area contributed by atoms with Crippen molar-refractivity contribution in [3.05, 3.63) is 23.8 Å². The largest absolute Gasteiger partial charge is 0.486 e. The molecular weight excluding hydrogens is 216 g/mol. The number of ether oxygens (including phenoxy) is 2. The van der Waals surface area contributed by atoms with Gasteiger partial charge in [0.1, 0.15) is 21.3 Å². The van der Waals surface area contributed by atoms with E-state index in [1.807, 2.05) is 18.2 Å². The molecule has 0 amide bonds. The average Bonchev–Trinajstić information content (AvgIpc) is 2.25. The lowest BCUT2D eigenvalue weighted by Crippen LogP contribution is -2.16. The zero-order valence-corrected chi connectivity index (χ0v) is 11.0. The molecule has 0 aliphatic carbocycles.